The minimum absolute atomic E-state index is 0. The second-order valence-electron chi connectivity index (χ2n) is 0.600. The molecular formula is H6MgMnO4SiZn. The largest absolute Gasteiger partial charge is 2.00 e. The van der Waals surface area contributed by atoms with E-state index in [0.717, 1.165) is 0 Å². The van der Waals surface area contributed by atoms with Gasteiger partial charge in [-0.05, 0) is 0 Å². The number of hydrogen-bond donors (Lipinski definition) is 4. The summed E-state index contributed by atoms with van der Waals surface area (Å²) in [5.74, 6) is 0. The first-order chi connectivity index (χ1) is 2.00. The van der Waals surface area contributed by atoms with Gasteiger partial charge in [-0.2, -0.15) is 0 Å². The van der Waals surface area contributed by atoms with Crippen molar-refractivity contribution in [2.24, 2.45) is 0 Å². The van der Waals surface area contributed by atoms with E-state index in [1.807, 2.05) is 0 Å². The van der Waals surface area contributed by atoms with Crippen LogP contribution in [0, 0.1) is 0 Å². The Morgan fingerprint density at radius 1 is 1.00 bits per heavy atom. The van der Waals surface area contributed by atoms with Gasteiger partial charge in [-0.15, -0.1) is 0 Å². The summed E-state index contributed by atoms with van der Waals surface area (Å²) in [7, 11) is -4.61. The Labute approximate surface area is 90.1 Å². The van der Waals surface area contributed by atoms with Gasteiger partial charge in [-0.25, -0.2) is 0 Å². The van der Waals surface area contributed by atoms with Crippen molar-refractivity contribution in [2.45, 2.75) is 0 Å². The maximum Gasteiger partial charge on any atom is 2.00 e. The van der Waals surface area contributed by atoms with Crippen LogP contribution in [0.3, 0.4) is 0 Å². The molecule has 0 rings (SSSR count). The van der Waals surface area contributed by atoms with E-state index in [4.69, 9.17) is 19.2 Å². The van der Waals surface area contributed by atoms with Crippen LogP contribution in [-0.2, 0) is 36.5 Å². The minimum atomic E-state index is -4.61. The van der Waals surface area contributed by atoms with Gasteiger partial charge in [0.05, 0.1) is 0 Å². The van der Waals surface area contributed by atoms with Crippen LogP contribution in [0.1, 0.15) is 2.85 Å². The second-order valence-corrected chi connectivity index (χ2v) is 1.80. The molecule has 1 radical (unpaired) electrons. The molecule has 4 N–H and O–H groups in total. The van der Waals surface area contributed by atoms with Gasteiger partial charge in [0.2, 0.25) is 0 Å². The molecule has 0 amide bonds. The smallest absolute Gasteiger partial charge is 1.00 e. The molecule has 0 bridgehead atoms. The van der Waals surface area contributed by atoms with Gasteiger partial charge in [-0.1, -0.05) is 0 Å². The van der Waals surface area contributed by atoms with E-state index in [-0.39, 0.29) is 62.5 Å². The van der Waals surface area contributed by atoms with Gasteiger partial charge in [-0.3, -0.25) is 0 Å². The molecule has 4 nitrogen and oxygen atoms in total. The van der Waals surface area contributed by atoms with Crippen LogP contribution in [0.15, 0.2) is 0 Å². The zero-order valence-electron chi connectivity index (χ0n) is 6.08. The molecule has 8 heteroatoms. The fourth-order valence-electron chi connectivity index (χ4n) is 0. The molecule has 45 valence electrons. The van der Waals surface area contributed by atoms with Crippen molar-refractivity contribution < 1.29 is 58.6 Å². The molecule has 0 saturated heterocycles. The van der Waals surface area contributed by atoms with E-state index in [1.54, 1.807) is 0 Å². The molecule has 8 heavy (non-hydrogen) atoms. The van der Waals surface area contributed by atoms with E-state index in [9.17, 15) is 0 Å². The standard InChI is InChI=1S/Mg.Mn.H4O4Si.Zn.2H/c;;1-5(2,3)4;;;/h;;1-4H;;;/q+2;;;;2*-1. The normalized spacial score (nSPS) is 7.50. The van der Waals surface area contributed by atoms with Crippen LogP contribution in [-0.4, -0.2) is 51.3 Å². The zero-order valence-corrected chi connectivity index (χ0v) is 10.6. The molecule has 0 heterocycles. The molecule has 0 atom stereocenters. The molecule has 0 aromatic rings. The average molecular weight is 243 g/mol. The molecule has 0 aliphatic heterocycles. The Hall–Kier alpha value is 1.97. The number of hydrogen-bond acceptors (Lipinski definition) is 4. The quantitative estimate of drug-likeness (QED) is 0.347. The van der Waals surface area contributed by atoms with Gasteiger partial charge in [0.25, 0.3) is 0 Å². The predicted molar refractivity (Wildman–Crippen MR) is 22.6 cm³/mol. The fourth-order valence-corrected chi connectivity index (χ4v) is 0. The summed E-state index contributed by atoms with van der Waals surface area (Å²) in [4.78, 5) is 29.3. The first kappa shape index (κ1) is 22.5. The predicted octanol–water partition coefficient (Wildman–Crippen LogP) is -2.77. The molecule has 0 aliphatic rings. The molecule has 0 unspecified atom stereocenters. The third-order valence-corrected chi connectivity index (χ3v) is 0. The minimum Gasteiger partial charge on any atom is -1.00 e. The van der Waals surface area contributed by atoms with E-state index < -0.39 is 9.05 Å². The van der Waals surface area contributed by atoms with E-state index >= 15 is 0 Å². The molecule has 0 fully saturated rings. The zero-order chi connectivity index (χ0) is 4.50. The van der Waals surface area contributed by atoms with Crippen molar-refractivity contribution in [3.8, 4) is 0 Å². The monoisotopic (exact) mass is 241 g/mol. The fraction of sp³-hybridized carbons (Fsp3) is 0. The van der Waals surface area contributed by atoms with Crippen molar-refractivity contribution in [3.63, 3.8) is 0 Å². The van der Waals surface area contributed by atoms with E-state index in [0.29, 0.717) is 0 Å². The third-order valence-electron chi connectivity index (χ3n) is 0. The van der Waals surface area contributed by atoms with E-state index in [2.05, 4.69) is 0 Å². The SMILES string of the molecule is O[Si](O)(O)O.[H-].[H-].[Mg+2].[Mn].[Zn]. The Bertz CT molecular complexity index is 38.7. The first-order valence-corrected chi connectivity index (χ1v) is 2.68. The summed E-state index contributed by atoms with van der Waals surface area (Å²) in [5.41, 5.74) is 0. The number of rotatable bonds is 0. The second kappa shape index (κ2) is 8.97. The molecule has 0 spiro atoms. The summed E-state index contributed by atoms with van der Waals surface area (Å²) >= 11 is 0. The van der Waals surface area contributed by atoms with Crippen molar-refractivity contribution in [3.05, 3.63) is 0 Å². The molecule has 0 aliphatic carbocycles. The van der Waals surface area contributed by atoms with Crippen LogP contribution in [0.2, 0.25) is 0 Å². The van der Waals surface area contributed by atoms with Gasteiger partial charge in [0.15, 0.2) is 0 Å². The summed E-state index contributed by atoms with van der Waals surface area (Å²) in [6, 6.07) is 0. The summed E-state index contributed by atoms with van der Waals surface area (Å²) in [5, 5.41) is 0. The van der Waals surface area contributed by atoms with Gasteiger partial charge in [0.1, 0.15) is 0 Å². The molecule has 0 aromatic heterocycles. The van der Waals surface area contributed by atoms with E-state index in [1.165, 1.54) is 0 Å². The van der Waals surface area contributed by atoms with Crippen molar-refractivity contribution in [1.29, 1.82) is 0 Å². The molecular weight excluding hydrogens is 237 g/mol. The van der Waals surface area contributed by atoms with Crippen LogP contribution >= 0.6 is 0 Å². The van der Waals surface area contributed by atoms with Crippen LogP contribution < -0.4 is 0 Å². The van der Waals surface area contributed by atoms with Crippen LogP contribution in [0.25, 0.3) is 0 Å². The van der Waals surface area contributed by atoms with Crippen molar-refractivity contribution in [1.82, 2.24) is 0 Å². The molecule has 0 saturated carbocycles. The average Bonchev–Trinajstić information content (AvgIpc) is 0.722. The maximum atomic E-state index is 7.33. The Kier molecular flexibility index (Phi) is 25.2. The summed E-state index contributed by atoms with van der Waals surface area (Å²) in [6.07, 6.45) is 0. The molecule has 0 aromatic carbocycles. The van der Waals surface area contributed by atoms with Crippen LogP contribution in [0.4, 0.5) is 0 Å². The van der Waals surface area contributed by atoms with Gasteiger partial charge >= 0.3 is 32.1 Å². The topological polar surface area (TPSA) is 80.9 Å². The van der Waals surface area contributed by atoms with Crippen LogP contribution in [0.5, 0.6) is 0 Å². The Balaban J connectivity index is -0.00000000800. The maximum absolute atomic E-state index is 7.33. The Morgan fingerprint density at radius 3 is 1.00 bits per heavy atom. The van der Waals surface area contributed by atoms with Crippen molar-refractivity contribution >= 4 is 32.1 Å². The summed E-state index contributed by atoms with van der Waals surface area (Å²) < 4.78 is 0. The third kappa shape index (κ3) is 100. The Morgan fingerprint density at radius 2 is 1.00 bits per heavy atom. The first-order valence-electron chi connectivity index (χ1n) is 0.894. The summed E-state index contributed by atoms with van der Waals surface area (Å²) in [6.45, 7) is 0. The van der Waals surface area contributed by atoms with Crippen molar-refractivity contribution in [2.75, 3.05) is 0 Å². The van der Waals surface area contributed by atoms with Gasteiger partial charge in [0, 0.05) is 36.5 Å². The van der Waals surface area contributed by atoms with Gasteiger partial charge < -0.3 is 22.0 Å².